The van der Waals surface area contributed by atoms with E-state index in [0.717, 1.165) is 5.56 Å². The first-order chi connectivity index (χ1) is 12.5. The number of hydrogen-bond acceptors (Lipinski definition) is 4. The number of furan rings is 1. The van der Waals surface area contributed by atoms with Crippen LogP contribution >= 0.6 is 11.6 Å². The maximum atomic E-state index is 12.4. The van der Waals surface area contributed by atoms with Crippen molar-refractivity contribution in [2.75, 3.05) is 0 Å². The van der Waals surface area contributed by atoms with E-state index < -0.39 is 11.8 Å². The van der Waals surface area contributed by atoms with Crippen molar-refractivity contribution in [1.82, 2.24) is 20.6 Å². The molecule has 0 atom stereocenters. The van der Waals surface area contributed by atoms with Crippen molar-refractivity contribution < 1.29 is 14.0 Å². The van der Waals surface area contributed by atoms with Gasteiger partial charge in [-0.3, -0.25) is 20.4 Å². The van der Waals surface area contributed by atoms with E-state index in [4.69, 9.17) is 16.0 Å². The Morgan fingerprint density at radius 3 is 2.46 bits per heavy atom. The number of carbonyl (C=O) groups is 2. The molecule has 2 amide bonds. The van der Waals surface area contributed by atoms with Crippen LogP contribution in [0.5, 0.6) is 0 Å². The molecule has 3 aromatic rings. The van der Waals surface area contributed by atoms with Gasteiger partial charge in [-0.25, -0.2) is 4.68 Å². The van der Waals surface area contributed by atoms with Crippen molar-refractivity contribution in [2.45, 2.75) is 20.4 Å². The van der Waals surface area contributed by atoms with Gasteiger partial charge in [0.1, 0.15) is 16.5 Å². The first kappa shape index (κ1) is 17.8. The molecule has 8 heteroatoms. The highest BCUT2D eigenvalue weighted by Gasteiger charge is 2.21. The fraction of sp³-hybridized carbons (Fsp3) is 0.167. The third kappa shape index (κ3) is 3.62. The van der Waals surface area contributed by atoms with Crippen LogP contribution in [0.2, 0.25) is 5.15 Å². The summed E-state index contributed by atoms with van der Waals surface area (Å²) in [4.78, 5) is 24.5. The predicted octanol–water partition coefficient (Wildman–Crippen LogP) is 2.87. The fourth-order valence-electron chi connectivity index (χ4n) is 2.54. The second kappa shape index (κ2) is 7.45. The minimum atomic E-state index is -0.540. The van der Waals surface area contributed by atoms with Crippen LogP contribution in [0.4, 0.5) is 0 Å². The van der Waals surface area contributed by atoms with E-state index in [0.29, 0.717) is 23.6 Å². The molecule has 3 rings (SSSR count). The molecule has 2 aromatic heterocycles. The molecule has 26 heavy (non-hydrogen) atoms. The lowest BCUT2D eigenvalue weighted by molar-refractivity contribution is 0.0845. The van der Waals surface area contributed by atoms with Gasteiger partial charge in [0.25, 0.3) is 11.8 Å². The molecule has 0 saturated heterocycles. The molecule has 0 fully saturated rings. The van der Waals surface area contributed by atoms with Crippen molar-refractivity contribution in [1.29, 1.82) is 0 Å². The number of nitrogens with zero attached hydrogens (tertiary/aromatic N) is 2. The number of carbonyl (C=O) groups excluding carboxylic acids is 2. The standard InChI is InChI=1S/C18H17ClN4O3/c1-11-15(16(19)23(22-11)10-13-6-4-3-5-7-13)18(25)21-20-17(24)14-8-9-26-12(14)2/h3-9H,10H2,1-2H3,(H,20,24)(H,21,25). The molecule has 0 radical (unpaired) electrons. The van der Waals surface area contributed by atoms with Gasteiger partial charge in [0, 0.05) is 0 Å². The number of hydrogen-bond donors (Lipinski definition) is 2. The summed E-state index contributed by atoms with van der Waals surface area (Å²) in [6.07, 6.45) is 1.40. The first-order valence-corrected chi connectivity index (χ1v) is 8.26. The highest BCUT2D eigenvalue weighted by molar-refractivity contribution is 6.33. The quantitative estimate of drug-likeness (QED) is 0.689. The average molecular weight is 373 g/mol. The maximum Gasteiger partial charge on any atom is 0.274 e. The molecule has 0 spiro atoms. The second-order valence-corrected chi connectivity index (χ2v) is 6.05. The summed E-state index contributed by atoms with van der Waals surface area (Å²) in [6, 6.07) is 11.2. The topological polar surface area (TPSA) is 89.2 Å². The van der Waals surface area contributed by atoms with Crippen LogP contribution in [0.3, 0.4) is 0 Å². The van der Waals surface area contributed by atoms with E-state index in [-0.39, 0.29) is 10.7 Å². The number of benzene rings is 1. The zero-order valence-electron chi connectivity index (χ0n) is 14.2. The van der Waals surface area contributed by atoms with Crippen molar-refractivity contribution in [2.24, 2.45) is 0 Å². The van der Waals surface area contributed by atoms with Crippen molar-refractivity contribution >= 4 is 23.4 Å². The molecule has 0 aliphatic rings. The molecule has 134 valence electrons. The number of aryl methyl sites for hydroxylation is 2. The molecule has 0 bridgehead atoms. The van der Waals surface area contributed by atoms with Crippen LogP contribution in [0.15, 0.2) is 47.1 Å². The smallest absolute Gasteiger partial charge is 0.274 e. The Kier molecular flexibility index (Phi) is 5.09. The van der Waals surface area contributed by atoms with Gasteiger partial charge in [0.15, 0.2) is 0 Å². The zero-order valence-corrected chi connectivity index (χ0v) is 15.0. The van der Waals surface area contributed by atoms with Crippen molar-refractivity contribution in [3.8, 4) is 0 Å². The first-order valence-electron chi connectivity index (χ1n) is 7.89. The van der Waals surface area contributed by atoms with Crippen LogP contribution in [-0.2, 0) is 6.54 Å². The van der Waals surface area contributed by atoms with Gasteiger partial charge in [-0.15, -0.1) is 0 Å². The Morgan fingerprint density at radius 2 is 1.81 bits per heavy atom. The van der Waals surface area contributed by atoms with Crippen LogP contribution < -0.4 is 10.9 Å². The van der Waals surface area contributed by atoms with E-state index in [1.54, 1.807) is 18.5 Å². The van der Waals surface area contributed by atoms with E-state index in [1.165, 1.54) is 12.3 Å². The molecule has 7 nitrogen and oxygen atoms in total. The molecule has 1 aromatic carbocycles. The third-order valence-corrected chi connectivity index (χ3v) is 4.24. The monoisotopic (exact) mass is 372 g/mol. The Bertz CT molecular complexity index is 947. The van der Waals surface area contributed by atoms with Crippen molar-refractivity contribution in [3.63, 3.8) is 0 Å². The highest BCUT2D eigenvalue weighted by Crippen LogP contribution is 2.20. The lowest BCUT2D eigenvalue weighted by atomic mass is 10.2. The van der Waals surface area contributed by atoms with E-state index >= 15 is 0 Å². The number of hydrazine groups is 1. The minimum Gasteiger partial charge on any atom is -0.469 e. The van der Waals surface area contributed by atoms with Gasteiger partial charge in [-0.2, -0.15) is 5.10 Å². The number of aromatic nitrogens is 2. The molecule has 2 heterocycles. The number of halogens is 1. The molecule has 0 saturated carbocycles. The van der Waals surface area contributed by atoms with E-state index in [9.17, 15) is 9.59 Å². The van der Waals surface area contributed by atoms with Crippen LogP contribution in [-0.4, -0.2) is 21.6 Å². The lowest BCUT2D eigenvalue weighted by Crippen LogP contribution is -2.42. The number of amides is 2. The largest absolute Gasteiger partial charge is 0.469 e. The summed E-state index contributed by atoms with van der Waals surface area (Å²) in [7, 11) is 0. The Labute approximate surface area is 154 Å². The number of rotatable bonds is 4. The second-order valence-electron chi connectivity index (χ2n) is 5.69. The highest BCUT2D eigenvalue weighted by atomic mass is 35.5. The van der Waals surface area contributed by atoms with Crippen molar-refractivity contribution in [3.05, 3.63) is 76.0 Å². The summed E-state index contributed by atoms with van der Waals surface area (Å²) in [6.45, 7) is 3.78. The average Bonchev–Trinajstić information content (AvgIpc) is 3.17. The molecule has 0 unspecified atom stereocenters. The minimum absolute atomic E-state index is 0.206. The summed E-state index contributed by atoms with van der Waals surface area (Å²) in [5.74, 6) is -0.557. The number of nitrogens with one attached hydrogen (secondary N) is 2. The van der Waals surface area contributed by atoms with Crippen LogP contribution in [0, 0.1) is 13.8 Å². The van der Waals surface area contributed by atoms with Crippen LogP contribution in [0.1, 0.15) is 37.7 Å². The third-order valence-electron chi connectivity index (χ3n) is 3.86. The summed E-state index contributed by atoms with van der Waals surface area (Å²) < 4.78 is 6.61. The zero-order chi connectivity index (χ0) is 18.7. The summed E-state index contributed by atoms with van der Waals surface area (Å²) >= 11 is 6.33. The normalized spacial score (nSPS) is 10.6. The fourth-order valence-corrected chi connectivity index (χ4v) is 2.86. The van der Waals surface area contributed by atoms with E-state index in [1.807, 2.05) is 30.3 Å². The van der Waals surface area contributed by atoms with Gasteiger partial charge in [-0.1, -0.05) is 41.9 Å². The lowest BCUT2D eigenvalue weighted by Gasteiger charge is -2.07. The molecule has 2 N–H and O–H groups in total. The molecule has 0 aliphatic heterocycles. The maximum absolute atomic E-state index is 12.4. The summed E-state index contributed by atoms with van der Waals surface area (Å²) in [5.41, 5.74) is 6.73. The van der Waals surface area contributed by atoms with Gasteiger partial charge in [0.2, 0.25) is 0 Å². The van der Waals surface area contributed by atoms with Gasteiger partial charge in [0.05, 0.1) is 24.1 Å². The molecular formula is C18H17ClN4O3. The predicted molar refractivity (Wildman–Crippen MR) is 95.9 cm³/mol. The Morgan fingerprint density at radius 1 is 1.12 bits per heavy atom. The Balaban J connectivity index is 1.71. The molecular weight excluding hydrogens is 356 g/mol. The molecule has 0 aliphatic carbocycles. The summed E-state index contributed by atoms with van der Waals surface area (Å²) in [5, 5.41) is 4.52. The Hall–Kier alpha value is -3.06. The van der Waals surface area contributed by atoms with Gasteiger partial charge < -0.3 is 4.42 Å². The SMILES string of the molecule is Cc1nn(Cc2ccccc2)c(Cl)c1C(=O)NNC(=O)c1ccoc1C. The van der Waals surface area contributed by atoms with E-state index in [2.05, 4.69) is 16.0 Å². The van der Waals surface area contributed by atoms with Gasteiger partial charge in [-0.05, 0) is 25.5 Å². The van der Waals surface area contributed by atoms with Gasteiger partial charge >= 0.3 is 0 Å². The van der Waals surface area contributed by atoms with Crippen LogP contribution in [0.25, 0.3) is 0 Å².